The lowest BCUT2D eigenvalue weighted by molar-refractivity contribution is 0.0818. The molecule has 0 amide bonds. The minimum atomic E-state index is -2.48. The van der Waals surface area contributed by atoms with E-state index in [-0.39, 0.29) is 0 Å². The summed E-state index contributed by atoms with van der Waals surface area (Å²) in [6.45, 7) is -0.171. The van der Waals surface area contributed by atoms with Crippen molar-refractivity contribution in [3.05, 3.63) is 29.8 Å². The van der Waals surface area contributed by atoms with E-state index >= 15 is 0 Å². The van der Waals surface area contributed by atoms with Gasteiger partial charge in [-0.15, -0.1) is 0 Å². The van der Waals surface area contributed by atoms with Gasteiger partial charge in [0.1, 0.15) is 12.4 Å². The van der Waals surface area contributed by atoms with Crippen LogP contribution in [0.1, 0.15) is 11.7 Å². The first-order valence-corrected chi connectivity index (χ1v) is 4.97. The van der Waals surface area contributed by atoms with E-state index in [0.717, 1.165) is 5.56 Å². The second-order valence-electron chi connectivity index (χ2n) is 3.34. The number of nitrogens with one attached hydrogen (secondary N) is 1. The topological polar surface area (TPSA) is 41.5 Å². The van der Waals surface area contributed by atoms with E-state index in [4.69, 9.17) is 4.74 Å². The molecule has 0 saturated carbocycles. The molecule has 0 aliphatic rings. The second-order valence-corrected chi connectivity index (χ2v) is 3.34. The molecule has 0 heterocycles. The molecule has 0 aliphatic carbocycles. The highest BCUT2D eigenvalue weighted by atomic mass is 19.3. The zero-order valence-electron chi connectivity index (χ0n) is 8.99. The third kappa shape index (κ3) is 4.12. The number of benzene rings is 1. The number of hydrogen-bond donors (Lipinski definition) is 2. The zero-order chi connectivity index (χ0) is 12.0. The van der Waals surface area contributed by atoms with Crippen LogP contribution < -0.4 is 10.1 Å². The van der Waals surface area contributed by atoms with Crippen LogP contribution in [-0.2, 0) is 0 Å². The van der Waals surface area contributed by atoms with E-state index in [0.29, 0.717) is 12.3 Å². The monoisotopic (exact) mass is 231 g/mol. The molecule has 0 radical (unpaired) electrons. The first-order valence-electron chi connectivity index (χ1n) is 4.97. The maximum atomic E-state index is 11.9. The molecular formula is C11H15F2NO2. The molecular weight excluding hydrogens is 216 g/mol. The summed E-state index contributed by atoms with van der Waals surface area (Å²) in [5, 5.41) is 12.4. The fourth-order valence-electron chi connectivity index (χ4n) is 1.26. The van der Waals surface area contributed by atoms with E-state index in [1.54, 1.807) is 31.3 Å². The standard InChI is InChI=1S/C11H15F2NO2/c1-14-6-10(15)8-2-4-9(5-3-8)16-7-11(12)13/h2-5,10-11,14-15H,6-7H2,1H3. The van der Waals surface area contributed by atoms with Gasteiger partial charge in [-0.1, -0.05) is 12.1 Å². The van der Waals surface area contributed by atoms with Crippen LogP contribution >= 0.6 is 0 Å². The largest absolute Gasteiger partial charge is 0.488 e. The Morgan fingerprint density at radius 2 is 1.94 bits per heavy atom. The van der Waals surface area contributed by atoms with Gasteiger partial charge in [0, 0.05) is 6.54 Å². The highest BCUT2D eigenvalue weighted by Gasteiger charge is 2.07. The van der Waals surface area contributed by atoms with Crippen LogP contribution in [0, 0.1) is 0 Å². The first kappa shape index (κ1) is 12.9. The van der Waals surface area contributed by atoms with Gasteiger partial charge in [-0.25, -0.2) is 8.78 Å². The lowest BCUT2D eigenvalue weighted by Crippen LogP contribution is -2.16. The van der Waals surface area contributed by atoms with E-state index in [9.17, 15) is 13.9 Å². The number of likely N-dealkylation sites (N-methyl/N-ethyl adjacent to an activating group) is 1. The summed E-state index contributed by atoms with van der Waals surface area (Å²) in [5.41, 5.74) is 0.721. The fourth-order valence-corrected chi connectivity index (χ4v) is 1.26. The van der Waals surface area contributed by atoms with Gasteiger partial charge in [0.05, 0.1) is 6.10 Å². The molecule has 5 heteroatoms. The molecule has 1 aromatic rings. The van der Waals surface area contributed by atoms with Gasteiger partial charge in [0.2, 0.25) is 0 Å². The Morgan fingerprint density at radius 1 is 1.31 bits per heavy atom. The molecule has 0 bridgehead atoms. The summed E-state index contributed by atoms with van der Waals surface area (Å²) in [4.78, 5) is 0. The quantitative estimate of drug-likeness (QED) is 0.781. The molecule has 1 rings (SSSR count). The van der Waals surface area contributed by atoms with Crippen molar-refractivity contribution in [2.45, 2.75) is 12.5 Å². The number of rotatable bonds is 6. The van der Waals surface area contributed by atoms with Crippen LogP contribution in [0.25, 0.3) is 0 Å². The summed E-state index contributed by atoms with van der Waals surface area (Å²) >= 11 is 0. The molecule has 0 aliphatic heterocycles. The lowest BCUT2D eigenvalue weighted by atomic mass is 10.1. The van der Waals surface area contributed by atoms with Crippen molar-refractivity contribution in [3.63, 3.8) is 0 Å². The fraction of sp³-hybridized carbons (Fsp3) is 0.455. The van der Waals surface area contributed by atoms with Crippen molar-refractivity contribution >= 4 is 0 Å². The SMILES string of the molecule is CNCC(O)c1ccc(OCC(F)F)cc1. The first-order chi connectivity index (χ1) is 7.63. The van der Waals surface area contributed by atoms with E-state index < -0.39 is 19.1 Å². The maximum Gasteiger partial charge on any atom is 0.272 e. The third-order valence-electron chi connectivity index (χ3n) is 2.04. The second kappa shape index (κ2) is 6.40. The van der Waals surface area contributed by atoms with Crippen molar-refractivity contribution in [2.24, 2.45) is 0 Å². The Labute approximate surface area is 93.0 Å². The van der Waals surface area contributed by atoms with Crippen LogP contribution in [0.3, 0.4) is 0 Å². The smallest absolute Gasteiger partial charge is 0.272 e. The summed E-state index contributed by atoms with van der Waals surface area (Å²) < 4.78 is 28.5. The summed E-state index contributed by atoms with van der Waals surface area (Å²) in [6.07, 6.45) is -3.08. The Balaban J connectivity index is 2.53. The van der Waals surface area contributed by atoms with Crippen molar-refractivity contribution in [1.29, 1.82) is 0 Å². The van der Waals surface area contributed by atoms with Gasteiger partial charge in [-0.05, 0) is 24.7 Å². The summed E-state index contributed by atoms with van der Waals surface area (Å²) in [5.74, 6) is 0.376. The van der Waals surface area contributed by atoms with Crippen LogP contribution in [0.4, 0.5) is 8.78 Å². The number of hydrogen-bond acceptors (Lipinski definition) is 3. The predicted molar refractivity (Wildman–Crippen MR) is 56.8 cm³/mol. The van der Waals surface area contributed by atoms with E-state index in [1.165, 1.54) is 0 Å². The number of halogens is 2. The molecule has 0 saturated heterocycles. The van der Waals surface area contributed by atoms with Gasteiger partial charge in [0.25, 0.3) is 6.43 Å². The average Bonchev–Trinajstić information content (AvgIpc) is 2.27. The predicted octanol–water partition coefficient (Wildman–Crippen LogP) is 1.58. The molecule has 2 N–H and O–H groups in total. The highest BCUT2D eigenvalue weighted by Crippen LogP contribution is 2.17. The summed E-state index contributed by atoms with van der Waals surface area (Å²) in [7, 11) is 1.74. The Kier molecular flexibility index (Phi) is 5.14. The van der Waals surface area contributed by atoms with Gasteiger partial charge >= 0.3 is 0 Å². The maximum absolute atomic E-state index is 11.9. The highest BCUT2D eigenvalue weighted by molar-refractivity contribution is 5.28. The molecule has 0 aromatic heterocycles. The number of aliphatic hydroxyl groups is 1. The molecule has 1 atom stereocenters. The van der Waals surface area contributed by atoms with Crippen molar-refractivity contribution < 1.29 is 18.6 Å². The molecule has 16 heavy (non-hydrogen) atoms. The van der Waals surface area contributed by atoms with Gasteiger partial charge in [0.15, 0.2) is 0 Å². The number of ether oxygens (including phenoxy) is 1. The zero-order valence-corrected chi connectivity index (χ0v) is 8.99. The Hall–Kier alpha value is -1.20. The van der Waals surface area contributed by atoms with Gasteiger partial charge < -0.3 is 15.2 Å². The number of alkyl halides is 2. The molecule has 1 unspecified atom stereocenters. The Bertz CT molecular complexity index is 303. The molecule has 1 aromatic carbocycles. The summed E-state index contributed by atoms with van der Waals surface area (Å²) in [6, 6.07) is 6.44. The third-order valence-corrected chi connectivity index (χ3v) is 2.04. The van der Waals surface area contributed by atoms with E-state index in [2.05, 4.69) is 5.32 Å². The van der Waals surface area contributed by atoms with Crippen molar-refractivity contribution in [2.75, 3.05) is 20.2 Å². The molecule has 3 nitrogen and oxygen atoms in total. The average molecular weight is 231 g/mol. The van der Waals surface area contributed by atoms with Crippen LogP contribution in [-0.4, -0.2) is 31.7 Å². The normalized spacial score (nSPS) is 12.8. The van der Waals surface area contributed by atoms with Crippen LogP contribution in [0.15, 0.2) is 24.3 Å². The van der Waals surface area contributed by atoms with Gasteiger partial charge in [-0.3, -0.25) is 0 Å². The minimum absolute atomic E-state index is 0.376. The molecule has 0 fully saturated rings. The van der Waals surface area contributed by atoms with Crippen LogP contribution in [0.2, 0.25) is 0 Å². The molecule has 90 valence electrons. The van der Waals surface area contributed by atoms with Gasteiger partial charge in [-0.2, -0.15) is 0 Å². The lowest BCUT2D eigenvalue weighted by Gasteiger charge is -2.11. The molecule has 0 spiro atoms. The van der Waals surface area contributed by atoms with E-state index in [1.807, 2.05) is 0 Å². The Morgan fingerprint density at radius 3 is 2.44 bits per heavy atom. The van der Waals surface area contributed by atoms with Crippen molar-refractivity contribution in [3.8, 4) is 5.75 Å². The van der Waals surface area contributed by atoms with Crippen molar-refractivity contribution in [1.82, 2.24) is 5.32 Å². The van der Waals surface area contributed by atoms with Crippen LogP contribution in [0.5, 0.6) is 5.75 Å². The number of aliphatic hydroxyl groups excluding tert-OH is 1. The minimum Gasteiger partial charge on any atom is -0.488 e.